The lowest BCUT2D eigenvalue weighted by molar-refractivity contribution is -0.123. The van der Waals surface area contributed by atoms with Crippen LogP contribution in [0, 0.1) is 0 Å². The number of rotatable bonds is 5. The van der Waals surface area contributed by atoms with Crippen LogP contribution in [-0.4, -0.2) is 31.6 Å². The van der Waals surface area contributed by atoms with E-state index in [1.165, 1.54) is 0 Å². The van der Waals surface area contributed by atoms with E-state index in [-0.39, 0.29) is 11.9 Å². The number of ether oxygens (including phenoxy) is 1. The van der Waals surface area contributed by atoms with E-state index in [1.54, 1.807) is 0 Å². The summed E-state index contributed by atoms with van der Waals surface area (Å²) in [6, 6.07) is 5.62. The zero-order valence-corrected chi connectivity index (χ0v) is 12.2. The van der Waals surface area contributed by atoms with E-state index in [0.29, 0.717) is 24.6 Å². The first-order chi connectivity index (χ1) is 9.67. The Morgan fingerprint density at radius 2 is 2.25 bits per heavy atom. The molecule has 3 N–H and O–H groups in total. The van der Waals surface area contributed by atoms with Gasteiger partial charge < -0.3 is 20.7 Å². The minimum Gasteiger partial charge on any atom is -0.491 e. The molecule has 5 nitrogen and oxygen atoms in total. The number of nitrogens with one attached hydrogen (secondary N) is 1. The third kappa shape index (κ3) is 2.98. The normalized spacial score (nSPS) is 18.8. The van der Waals surface area contributed by atoms with Crippen LogP contribution in [0.3, 0.4) is 0 Å². The second-order valence-corrected chi connectivity index (χ2v) is 4.98. The molecule has 0 spiro atoms. The topological polar surface area (TPSA) is 67.6 Å². The highest BCUT2D eigenvalue weighted by Crippen LogP contribution is 2.30. The molecule has 0 saturated carbocycles. The van der Waals surface area contributed by atoms with E-state index in [0.717, 1.165) is 25.1 Å². The van der Waals surface area contributed by atoms with Gasteiger partial charge in [-0.1, -0.05) is 13.8 Å². The Morgan fingerprint density at radius 1 is 1.45 bits per heavy atom. The summed E-state index contributed by atoms with van der Waals surface area (Å²) in [5, 5.41) is 2.91. The van der Waals surface area contributed by atoms with E-state index in [2.05, 4.69) is 17.1 Å². The van der Waals surface area contributed by atoms with Gasteiger partial charge in [-0.15, -0.1) is 0 Å². The molecule has 0 aliphatic carbocycles. The average molecular weight is 277 g/mol. The molecule has 2 rings (SSSR count). The van der Waals surface area contributed by atoms with Gasteiger partial charge in [0.05, 0.1) is 12.3 Å². The van der Waals surface area contributed by atoms with E-state index < -0.39 is 0 Å². The fourth-order valence-corrected chi connectivity index (χ4v) is 2.47. The zero-order valence-electron chi connectivity index (χ0n) is 12.2. The summed E-state index contributed by atoms with van der Waals surface area (Å²) in [5.74, 6) is 0.789. The van der Waals surface area contributed by atoms with Crippen molar-refractivity contribution in [1.82, 2.24) is 5.32 Å². The van der Waals surface area contributed by atoms with Crippen molar-refractivity contribution in [2.45, 2.75) is 32.7 Å². The number of benzene rings is 1. The van der Waals surface area contributed by atoms with Crippen LogP contribution in [0.2, 0.25) is 0 Å². The largest absolute Gasteiger partial charge is 0.491 e. The first-order valence-electron chi connectivity index (χ1n) is 7.24. The lowest BCUT2D eigenvalue weighted by atomic mass is 10.1. The monoisotopic (exact) mass is 277 g/mol. The predicted molar refractivity (Wildman–Crippen MR) is 81.1 cm³/mol. The van der Waals surface area contributed by atoms with Crippen LogP contribution in [-0.2, 0) is 4.79 Å². The van der Waals surface area contributed by atoms with Crippen molar-refractivity contribution in [3.8, 4) is 5.75 Å². The average Bonchev–Trinajstić information content (AvgIpc) is 2.46. The molecule has 110 valence electrons. The SMILES string of the molecule is CCCOc1cc(N2CCNC(=O)C2CC)ccc1N. The second-order valence-electron chi connectivity index (χ2n) is 4.98. The summed E-state index contributed by atoms with van der Waals surface area (Å²) in [5.41, 5.74) is 7.56. The number of piperazine rings is 1. The Bertz CT molecular complexity index is 476. The van der Waals surface area contributed by atoms with Crippen molar-refractivity contribution in [2.24, 2.45) is 0 Å². The van der Waals surface area contributed by atoms with Crippen LogP contribution in [0.4, 0.5) is 11.4 Å². The number of anilines is 2. The van der Waals surface area contributed by atoms with Gasteiger partial charge in [-0.25, -0.2) is 0 Å². The number of hydrogen-bond donors (Lipinski definition) is 2. The zero-order chi connectivity index (χ0) is 14.5. The molecule has 1 fully saturated rings. The summed E-state index contributed by atoms with van der Waals surface area (Å²) in [4.78, 5) is 14.0. The molecule has 1 aliphatic rings. The number of carbonyl (C=O) groups excluding carboxylic acids is 1. The Kier molecular flexibility index (Phi) is 4.71. The maximum Gasteiger partial charge on any atom is 0.242 e. The van der Waals surface area contributed by atoms with E-state index in [4.69, 9.17) is 10.5 Å². The molecule has 20 heavy (non-hydrogen) atoms. The fraction of sp³-hybridized carbons (Fsp3) is 0.533. The minimum absolute atomic E-state index is 0.0894. The minimum atomic E-state index is -0.119. The van der Waals surface area contributed by atoms with Gasteiger partial charge in [-0.3, -0.25) is 4.79 Å². The third-order valence-electron chi connectivity index (χ3n) is 3.51. The molecule has 1 atom stereocenters. The lowest BCUT2D eigenvalue weighted by Crippen LogP contribution is -2.55. The van der Waals surface area contributed by atoms with Crippen LogP contribution in [0.5, 0.6) is 5.75 Å². The Morgan fingerprint density at radius 3 is 2.95 bits per heavy atom. The molecule has 0 radical (unpaired) electrons. The van der Waals surface area contributed by atoms with Gasteiger partial charge in [0.1, 0.15) is 11.8 Å². The van der Waals surface area contributed by atoms with Gasteiger partial charge in [-0.05, 0) is 25.0 Å². The Labute approximate surface area is 120 Å². The summed E-state index contributed by atoms with van der Waals surface area (Å²) in [6.45, 7) is 6.20. The number of nitrogens with zero attached hydrogens (tertiary/aromatic N) is 1. The number of amides is 1. The maximum absolute atomic E-state index is 11.9. The highest BCUT2D eigenvalue weighted by Gasteiger charge is 2.28. The van der Waals surface area contributed by atoms with Gasteiger partial charge in [0, 0.05) is 24.8 Å². The van der Waals surface area contributed by atoms with Crippen molar-refractivity contribution in [1.29, 1.82) is 0 Å². The molecule has 0 bridgehead atoms. The van der Waals surface area contributed by atoms with Gasteiger partial charge in [0.2, 0.25) is 5.91 Å². The maximum atomic E-state index is 11.9. The second kappa shape index (κ2) is 6.50. The van der Waals surface area contributed by atoms with Crippen molar-refractivity contribution in [3.05, 3.63) is 18.2 Å². The molecule has 1 heterocycles. The van der Waals surface area contributed by atoms with Crippen LogP contribution < -0.4 is 20.7 Å². The van der Waals surface area contributed by atoms with Crippen LogP contribution in [0.25, 0.3) is 0 Å². The van der Waals surface area contributed by atoms with Crippen molar-refractivity contribution in [2.75, 3.05) is 30.3 Å². The molecular formula is C15H23N3O2. The summed E-state index contributed by atoms with van der Waals surface area (Å²) >= 11 is 0. The number of carbonyl (C=O) groups is 1. The molecular weight excluding hydrogens is 254 g/mol. The van der Waals surface area contributed by atoms with Crippen LogP contribution >= 0.6 is 0 Å². The number of hydrogen-bond acceptors (Lipinski definition) is 4. The summed E-state index contributed by atoms with van der Waals surface area (Å²) in [6.07, 6.45) is 1.72. The highest BCUT2D eigenvalue weighted by atomic mass is 16.5. The van der Waals surface area contributed by atoms with Crippen molar-refractivity contribution < 1.29 is 9.53 Å². The van der Waals surface area contributed by atoms with Gasteiger partial charge in [0.25, 0.3) is 0 Å². The lowest BCUT2D eigenvalue weighted by Gasteiger charge is -2.36. The fourth-order valence-electron chi connectivity index (χ4n) is 2.47. The summed E-state index contributed by atoms with van der Waals surface area (Å²) in [7, 11) is 0. The third-order valence-corrected chi connectivity index (χ3v) is 3.51. The molecule has 0 aromatic heterocycles. The molecule has 1 aromatic carbocycles. The van der Waals surface area contributed by atoms with E-state index >= 15 is 0 Å². The number of nitrogens with two attached hydrogens (primary N) is 1. The Hall–Kier alpha value is -1.91. The first-order valence-corrected chi connectivity index (χ1v) is 7.24. The highest BCUT2D eigenvalue weighted by molar-refractivity contribution is 5.86. The standard InChI is InChI=1S/C15H23N3O2/c1-3-9-20-14-10-11(5-6-12(14)16)18-8-7-17-15(19)13(18)4-2/h5-6,10,13H,3-4,7-9,16H2,1-2H3,(H,17,19). The smallest absolute Gasteiger partial charge is 0.242 e. The molecule has 1 amide bonds. The van der Waals surface area contributed by atoms with Gasteiger partial charge in [0.15, 0.2) is 0 Å². The quantitative estimate of drug-likeness (QED) is 0.805. The Balaban J connectivity index is 2.24. The van der Waals surface area contributed by atoms with Crippen LogP contribution in [0.15, 0.2) is 18.2 Å². The van der Waals surface area contributed by atoms with Crippen molar-refractivity contribution in [3.63, 3.8) is 0 Å². The molecule has 1 aromatic rings. The summed E-state index contributed by atoms with van der Waals surface area (Å²) < 4.78 is 5.66. The molecule has 1 aliphatic heterocycles. The van der Waals surface area contributed by atoms with E-state index in [1.807, 2.05) is 25.1 Å². The predicted octanol–water partition coefficient (Wildman–Crippen LogP) is 1.77. The van der Waals surface area contributed by atoms with Crippen LogP contribution in [0.1, 0.15) is 26.7 Å². The molecule has 1 saturated heterocycles. The van der Waals surface area contributed by atoms with Gasteiger partial charge >= 0.3 is 0 Å². The van der Waals surface area contributed by atoms with E-state index in [9.17, 15) is 4.79 Å². The van der Waals surface area contributed by atoms with Gasteiger partial charge in [-0.2, -0.15) is 0 Å². The number of nitrogen functional groups attached to an aromatic ring is 1. The molecule has 1 unspecified atom stereocenters. The first kappa shape index (κ1) is 14.5. The van der Waals surface area contributed by atoms with Crippen molar-refractivity contribution >= 4 is 17.3 Å². The molecule has 5 heteroatoms.